The molecule has 14 nitrogen and oxygen atoms in total. The summed E-state index contributed by atoms with van der Waals surface area (Å²) in [5.74, 6) is -1.18. The largest absolute Gasteiger partial charge is 0.507 e. The second-order valence-electron chi connectivity index (χ2n) is 12.6. The van der Waals surface area contributed by atoms with Crippen LogP contribution in [0.15, 0.2) is 69.4 Å². The van der Waals surface area contributed by atoms with Crippen molar-refractivity contribution in [1.82, 2.24) is 10.6 Å². The van der Waals surface area contributed by atoms with Gasteiger partial charge in [-0.05, 0) is 49.0 Å². The molecule has 1 heterocycles. The van der Waals surface area contributed by atoms with Crippen molar-refractivity contribution in [2.75, 3.05) is 19.6 Å². The van der Waals surface area contributed by atoms with Crippen molar-refractivity contribution in [3.8, 4) is 11.5 Å². The van der Waals surface area contributed by atoms with Gasteiger partial charge in [0.05, 0.1) is 29.0 Å². The smallest absolute Gasteiger partial charge is 0.270 e. The molecule has 3 aliphatic rings. The molecule has 4 unspecified atom stereocenters. The molecular formula is C34H38N6O8. The molecule has 1 fully saturated rings. The molecule has 0 aromatic heterocycles. The fourth-order valence-corrected chi connectivity index (χ4v) is 6.39. The Kier molecular flexibility index (Phi) is 10.4. The third kappa shape index (κ3) is 7.83. The van der Waals surface area contributed by atoms with Gasteiger partial charge in [0.1, 0.15) is 11.5 Å². The van der Waals surface area contributed by atoms with Crippen molar-refractivity contribution >= 4 is 23.9 Å². The van der Waals surface area contributed by atoms with Crippen molar-refractivity contribution in [1.29, 1.82) is 0 Å². The number of aromatic hydroxyl groups is 2. The Labute approximate surface area is 276 Å². The second-order valence-corrected chi connectivity index (χ2v) is 12.6. The fraction of sp³-hybridized carbons (Fsp3) is 0.382. The number of hydrogen-bond donors (Lipinski definition) is 5. The summed E-state index contributed by atoms with van der Waals surface area (Å²) in [5.41, 5.74) is 2.45. The molecule has 0 amide bonds. The molecule has 8 bridgehead atoms. The third-order valence-corrected chi connectivity index (χ3v) is 8.77. The molecular weight excluding hydrogens is 620 g/mol. The topological polar surface area (TPSA) is 213 Å². The van der Waals surface area contributed by atoms with E-state index in [0.29, 0.717) is 41.7 Å². The number of benzene rings is 2. The number of nitro groups is 2. The van der Waals surface area contributed by atoms with Crippen LogP contribution in [0.25, 0.3) is 0 Å². The monoisotopic (exact) mass is 658 g/mol. The average molecular weight is 659 g/mol. The van der Waals surface area contributed by atoms with Crippen LogP contribution >= 0.6 is 0 Å². The van der Waals surface area contributed by atoms with E-state index in [2.05, 4.69) is 20.6 Å². The molecule has 2 aromatic carbocycles. The highest BCUT2D eigenvalue weighted by atomic mass is 16.6. The molecule has 0 radical (unpaired) electrons. The second kappa shape index (κ2) is 14.7. The normalized spacial score (nSPS) is 24.6. The number of aryl methyl sites for hydroxylation is 1. The van der Waals surface area contributed by atoms with Crippen LogP contribution in [0.1, 0.15) is 47.6 Å². The van der Waals surface area contributed by atoms with Crippen LogP contribution in [0.3, 0.4) is 0 Å². The van der Waals surface area contributed by atoms with Crippen LogP contribution in [0.5, 0.6) is 11.5 Å². The number of nitrogens with one attached hydrogen (secondary N) is 2. The van der Waals surface area contributed by atoms with Crippen LogP contribution in [-0.4, -0.2) is 69.1 Å². The standard InChI is InChI=1S/C34H38N6O8/c1-19-3-21-11-35-15-25-7-29(39(45)46)9-27(33(25)43)17-37-13-23-5-20(2)6-24(32(23)42)14-38-18-28-10-30(40(47)48)8-26(34(28)44)16-36-12-22(4-19)31(21)41/h3-4,7-13,20,24,28,34,37-38,41,43-44H,5-6,14-18H2,1-2H3/b23-13-,35-11?,36-12?. The van der Waals surface area contributed by atoms with E-state index in [9.17, 15) is 40.3 Å². The van der Waals surface area contributed by atoms with E-state index in [1.165, 1.54) is 36.7 Å². The Bertz CT molecular complexity index is 1780. The Morgan fingerprint density at radius 2 is 1.62 bits per heavy atom. The number of aliphatic hydroxyl groups is 1. The summed E-state index contributed by atoms with van der Waals surface area (Å²) < 4.78 is 0. The summed E-state index contributed by atoms with van der Waals surface area (Å²) in [6.07, 6.45) is 7.22. The number of aliphatic imine (C=N–C) groups is 2. The fourth-order valence-electron chi connectivity index (χ4n) is 6.39. The lowest BCUT2D eigenvalue weighted by Crippen LogP contribution is -2.39. The predicted octanol–water partition coefficient (Wildman–Crippen LogP) is 3.62. The summed E-state index contributed by atoms with van der Waals surface area (Å²) in [5, 5.41) is 62.8. The minimum Gasteiger partial charge on any atom is -0.507 e. The highest BCUT2D eigenvalue weighted by Gasteiger charge is 2.32. The molecule has 2 aromatic rings. The minimum atomic E-state index is -1.05. The van der Waals surface area contributed by atoms with Gasteiger partial charge in [0.2, 0.25) is 0 Å². The van der Waals surface area contributed by atoms with E-state index in [-0.39, 0.29) is 77.8 Å². The molecule has 1 saturated carbocycles. The molecule has 1 aliphatic heterocycles. The molecule has 48 heavy (non-hydrogen) atoms. The maximum Gasteiger partial charge on any atom is 0.270 e. The van der Waals surface area contributed by atoms with Gasteiger partial charge in [0, 0.05) is 102 Å². The molecule has 4 atom stereocenters. The van der Waals surface area contributed by atoms with Gasteiger partial charge in [-0.25, -0.2) is 0 Å². The first kappa shape index (κ1) is 34.1. The van der Waals surface area contributed by atoms with Crippen LogP contribution < -0.4 is 10.6 Å². The Morgan fingerprint density at radius 3 is 2.31 bits per heavy atom. The van der Waals surface area contributed by atoms with E-state index < -0.39 is 21.9 Å². The SMILES string of the molecule is Cc1cc2c(O)c(c1)C=NCc1cc([N+](=O)[O-])cc(c1O)CN/C=C1/CC(C)CC(CNCC3C=C([N+](=O)[O-])C=C(CN=C2)C3O)C1=O. The molecule has 5 rings (SSSR count). The number of nitrogens with zero attached hydrogens (tertiary/aromatic N) is 4. The van der Waals surface area contributed by atoms with Crippen molar-refractivity contribution in [3.63, 3.8) is 0 Å². The lowest BCUT2D eigenvalue weighted by Gasteiger charge is -2.29. The van der Waals surface area contributed by atoms with E-state index in [1.807, 2.05) is 13.8 Å². The number of phenols is 2. The number of ketones is 1. The Hall–Kier alpha value is -5.21. The number of allylic oxidation sites excluding steroid dienone is 2. The molecule has 0 saturated heterocycles. The highest BCUT2D eigenvalue weighted by Crippen LogP contribution is 2.32. The number of phenolic OH excluding ortho intramolecular Hbond substituents is 2. The number of fused-ring (bicyclic) bond motifs is 8. The van der Waals surface area contributed by atoms with E-state index in [4.69, 9.17) is 0 Å². The van der Waals surface area contributed by atoms with Crippen LogP contribution in [0.4, 0.5) is 5.69 Å². The number of aliphatic hydroxyl groups excluding tert-OH is 1. The summed E-state index contributed by atoms with van der Waals surface area (Å²) in [6, 6.07) is 5.90. The number of non-ortho nitro benzene ring substituents is 1. The number of Topliss-reactive ketones (excluding diaryl/α,β-unsaturated/α-hetero) is 1. The average Bonchev–Trinajstić information content (AvgIpc) is 3.03. The summed E-state index contributed by atoms with van der Waals surface area (Å²) in [7, 11) is 0. The van der Waals surface area contributed by atoms with Crippen LogP contribution in [-0.2, 0) is 17.9 Å². The predicted molar refractivity (Wildman–Crippen MR) is 179 cm³/mol. The van der Waals surface area contributed by atoms with Crippen molar-refractivity contribution in [2.24, 2.45) is 27.7 Å². The van der Waals surface area contributed by atoms with Crippen molar-refractivity contribution in [2.45, 2.75) is 45.9 Å². The lowest BCUT2D eigenvalue weighted by molar-refractivity contribution is -0.420. The lowest BCUT2D eigenvalue weighted by atomic mass is 9.78. The third-order valence-electron chi connectivity index (χ3n) is 8.77. The quantitative estimate of drug-likeness (QED) is 0.233. The van der Waals surface area contributed by atoms with Crippen LogP contribution in [0, 0.1) is 44.9 Å². The number of carbonyl (C=O) groups is 1. The number of rotatable bonds is 2. The zero-order valence-corrected chi connectivity index (χ0v) is 26.6. The van der Waals surface area contributed by atoms with Crippen molar-refractivity contribution < 1.29 is 30.0 Å². The minimum absolute atomic E-state index is 0.0141. The van der Waals surface area contributed by atoms with Gasteiger partial charge < -0.3 is 26.0 Å². The summed E-state index contributed by atoms with van der Waals surface area (Å²) >= 11 is 0. The molecule has 14 heteroatoms. The van der Waals surface area contributed by atoms with E-state index in [1.54, 1.807) is 18.3 Å². The van der Waals surface area contributed by atoms with E-state index >= 15 is 0 Å². The summed E-state index contributed by atoms with van der Waals surface area (Å²) in [4.78, 5) is 44.5. The zero-order valence-electron chi connectivity index (χ0n) is 26.6. The Balaban J connectivity index is 1.51. The molecule has 2 aliphatic carbocycles. The van der Waals surface area contributed by atoms with Gasteiger partial charge in [0.25, 0.3) is 11.4 Å². The van der Waals surface area contributed by atoms with Gasteiger partial charge in [-0.2, -0.15) is 0 Å². The van der Waals surface area contributed by atoms with Gasteiger partial charge in [0.15, 0.2) is 5.78 Å². The van der Waals surface area contributed by atoms with Gasteiger partial charge in [-0.15, -0.1) is 0 Å². The number of nitro benzene ring substituents is 1. The van der Waals surface area contributed by atoms with Crippen molar-refractivity contribution in [3.05, 3.63) is 108 Å². The molecule has 0 spiro atoms. The van der Waals surface area contributed by atoms with Gasteiger partial charge in [-0.1, -0.05) is 6.92 Å². The first-order valence-electron chi connectivity index (χ1n) is 15.7. The maximum atomic E-state index is 13.4. The number of hydrogen-bond acceptors (Lipinski definition) is 12. The summed E-state index contributed by atoms with van der Waals surface area (Å²) in [6.45, 7) is 4.16. The molecule has 5 N–H and O–H groups in total. The Morgan fingerprint density at radius 1 is 0.938 bits per heavy atom. The first-order valence-corrected chi connectivity index (χ1v) is 15.7. The zero-order chi connectivity index (χ0) is 34.5. The van der Waals surface area contributed by atoms with Crippen LogP contribution in [0.2, 0.25) is 0 Å². The van der Waals surface area contributed by atoms with Gasteiger partial charge in [-0.3, -0.25) is 35.0 Å². The van der Waals surface area contributed by atoms with E-state index in [0.717, 1.165) is 5.56 Å². The first-order chi connectivity index (χ1) is 22.9. The number of carbonyl (C=O) groups excluding carboxylic acids is 1. The van der Waals surface area contributed by atoms with Gasteiger partial charge >= 0.3 is 0 Å². The maximum absolute atomic E-state index is 13.4. The highest BCUT2D eigenvalue weighted by molar-refractivity contribution is 5.98. The molecule has 252 valence electrons.